The van der Waals surface area contributed by atoms with Gasteiger partial charge in [0.25, 0.3) is 0 Å². The van der Waals surface area contributed by atoms with Gasteiger partial charge in [0.1, 0.15) is 23.9 Å². The Morgan fingerprint density at radius 1 is 1.15 bits per heavy atom. The van der Waals surface area contributed by atoms with Crippen LogP contribution in [-0.4, -0.2) is 23.7 Å². The lowest BCUT2D eigenvalue weighted by Gasteiger charge is -2.08. The van der Waals surface area contributed by atoms with E-state index in [0.717, 1.165) is 17.7 Å². The molecule has 0 atom stereocenters. The highest BCUT2D eigenvalue weighted by molar-refractivity contribution is 7.89. The fraction of sp³-hybridized carbons (Fsp3) is 0.125. The van der Waals surface area contributed by atoms with Gasteiger partial charge in [-0.15, -0.1) is 0 Å². The van der Waals surface area contributed by atoms with Crippen LogP contribution in [0.2, 0.25) is 0 Å². The molecule has 3 N–H and O–H groups in total. The van der Waals surface area contributed by atoms with Crippen molar-refractivity contribution in [2.24, 2.45) is 5.14 Å². The maximum absolute atomic E-state index is 14.2. The number of aliphatic hydroxyl groups is 1. The van der Waals surface area contributed by atoms with Crippen molar-refractivity contribution in [3.63, 3.8) is 0 Å². The monoisotopic (exact) mass is 381 g/mol. The fourth-order valence-corrected chi connectivity index (χ4v) is 3.25. The molecule has 1 aromatic carbocycles. The maximum atomic E-state index is 14.2. The predicted molar refractivity (Wildman–Crippen MR) is 87.1 cm³/mol. The zero-order chi connectivity index (χ0) is 19.1. The molecule has 0 saturated carbocycles. The van der Waals surface area contributed by atoms with Gasteiger partial charge in [0, 0.05) is 18.0 Å². The van der Waals surface area contributed by atoms with Crippen molar-refractivity contribution in [1.29, 1.82) is 0 Å². The SMILES string of the molecule is Cc1cncc(-c2noc(CO)c2-c2cc(F)c(S(N)(=O)=O)c(F)c2)c1. The zero-order valence-electron chi connectivity index (χ0n) is 13.4. The summed E-state index contributed by atoms with van der Waals surface area (Å²) in [4.78, 5) is 2.79. The molecule has 26 heavy (non-hydrogen) atoms. The first-order valence-electron chi connectivity index (χ1n) is 7.26. The molecule has 0 bridgehead atoms. The maximum Gasteiger partial charge on any atom is 0.243 e. The topological polar surface area (TPSA) is 119 Å². The third-order valence-electron chi connectivity index (χ3n) is 3.63. The highest BCUT2D eigenvalue weighted by Crippen LogP contribution is 2.36. The number of rotatable bonds is 4. The fourth-order valence-electron chi connectivity index (χ4n) is 2.59. The quantitative estimate of drug-likeness (QED) is 0.714. The summed E-state index contributed by atoms with van der Waals surface area (Å²) >= 11 is 0. The molecule has 0 fully saturated rings. The number of halogens is 2. The standard InChI is InChI=1S/C16H13F2N3O4S/c1-8-2-10(6-20-5-8)15-14(13(7-22)25-21-15)9-3-11(17)16(12(18)4-9)26(19,23)24/h2-6,22H,7H2,1H3,(H2,19,23,24). The Hall–Kier alpha value is -2.69. The first-order valence-corrected chi connectivity index (χ1v) is 8.80. The van der Waals surface area contributed by atoms with Crippen molar-refractivity contribution in [2.75, 3.05) is 0 Å². The van der Waals surface area contributed by atoms with Gasteiger partial charge in [-0.05, 0) is 36.2 Å². The van der Waals surface area contributed by atoms with Crippen LogP contribution in [0.3, 0.4) is 0 Å². The van der Waals surface area contributed by atoms with E-state index >= 15 is 0 Å². The summed E-state index contributed by atoms with van der Waals surface area (Å²) in [7, 11) is -4.58. The molecular weight excluding hydrogens is 368 g/mol. The van der Waals surface area contributed by atoms with Crippen LogP contribution in [0, 0.1) is 18.6 Å². The van der Waals surface area contributed by atoms with Crippen molar-refractivity contribution in [3.8, 4) is 22.4 Å². The van der Waals surface area contributed by atoms with Crippen LogP contribution in [-0.2, 0) is 16.6 Å². The number of hydrogen-bond donors (Lipinski definition) is 2. The second-order valence-corrected chi connectivity index (χ2v) is 7.05. The van der Waals surface area contributed by atoms with Crippen LogP contribution < -0.4 is 5.14 Å². The number of aryl methyl sites for hydroxylation is 1. The summed E-state index contributed by atoms with van der Waals surface area (Å²) < 4.78 is 56.2. The summed E-state index contributed by atoms with van der Waals surface area (Å²) in [5, 5.41) is 18.1. The normalized spacial score (nSPS) is 11.7. The lowest BCUT2D eigenvalue weighted by Crippen LogP contribution is -2.16. The van der Waals surface area contributed by atoms with Gasteiger partial charge in [0.2, 0.25) is 10.0 Å². The molecule has 0 amide bonds. The van der Waals surface area contributed by atoms with E-state index in [0.29, 0.717) is 5.56 Å². The average molecular weight is 381 g/mol. The second-order valence-electron chi connectivity index (χ2n) is 5.55. The van der Waals surface area contributed by atoms with E-state index < -0.39 is 33.2 Å². The van der Waals surface area contributed by atoms with Gasteiger partial charge < -0.3 is 9.63 Å². The molecule has 0 aliphatic carbocycles. The molecule has 10 heteroatoms. The van der Waals surface area contributed by atoms with E-state index in [-0.39, 0.29) is 22.6 Å². The number of nitrogens with zero attached hydrogens (tertiary/aromatic N) is 2. The molecule has 3 rings (SSSR count). The number of nitrogens with two attached hydrogens (primary N) is 1. The molecule has 0 saturated heterocycles. The van der Waals surface area contributed by atoms with Crippen molar-refractivity contribution in [1.82, 2.24) is 10.1 Å². The second kappa shape index (κ2) is 6.56. The largest absolute Gasteiger partial charge is 0.388 e. The average Bonchev–Trinajstić information content (AvgIpc) is 2.96. The smallest absolute Gasteiger partial charge is 0.243 e. The minimum Gasteiger partial charge on any atom is -0.388 e. The van der Waals surface area contributed by atoms with Gasteiger partial charge in [-0.25, -0.2) is 22.3 Å². The van der Waals surface area contributed by atoms with Crippen LogP contribution in [0.25, 0.3) is 22.4 Å². The number of primary sulfonamides is 1. The highest BCUT2D eigenvalue weighted by Gasteiger charge is 2.25. The third-order valence-corrected chi connectivity index (χ3v) is 4.59. The van der Waals surface area contributed by atoms with E-state index in [4.69, 9.17) is 9.66 Å². The van der Waals surface area contributed by atoms with Crippen LogP contribution in [0.5, 0.6) is 0 Å². The van der Waals surface area contributed by atoms with Crippen molar-refractivity contribution in [2.45, 2.75) is 18.4 Å². The van der Waals surface area contributed by atoms with Crippen LogP contribution in [0.4, 0.5) is 8.78 Å². The van der Waals surface area contributed by atoms with Gasteiger partial charge in [-0.1, -0.05) is 5.16 Å². The minimum absolute atomic E-state index is 0.0383. The molecule has 0 radical (unpaired) electrons. The van der Waals surface area contributed by atoms with Gasteiger partial charge in [-0.3, -0.25) is 4.98 Å². The Morgan fingerprint density at radius 3 is 2.35 bits per heavy atom. The number of benzene rings is 1. The predicted octanol–water partition coefficient (Wildman–Crippen LogP) is 2.13. The molecule has 2 heterocycles. The van der Waals surface area contributed by atoms with Crippen molar-refractivity contribution in [3.05, 3.63) is 53.6 Å². The molecule has 7 nitrogen and oxygen atoms in total. The van der Waals surface area contributed by atoms with E-state index in [2.05, 4.69) is 10.1 Å². The Labute approximate surface area is 147 Å². The van der Waals surface area contributed by atoms with Gasteiger partial charge >= 0.3 is 0 Å². The first kappa shape index (κ1) is 18.1. The van der Waals surface area contributed by atoms with Crippen molar-refractivity contribution < 1.29 is 26.8 Å². The molecule has 136 valence electrons. The minimum atomic E-state index is -4.58. The summed E-state index contributed by atoms with van der Waals surface area (Å²) in [6.45, 7) is 1.21. The Morgan fingerprint density at radius 2 is 1.81 bits per heavy atom. The van der Waals surface area contributed by atoms with Gasteiger partial charge in [-0.2, -0.15) is 0 Å². The molecule has 2 aromatic heterocycles. The summed E-state index contributed by atoms with van der Waals surface area (Å²) in [5.74, 6) is -2.76. The zero-order valence-corrected chi connectivity index (χ0v) is 14.2. The van der Waals surface area contributed by atoms with Crippen molar-refractivity contribution >= 4 is 10.0 Å². The lowest BCUT2D eigenvalue weighted by atomic mass is 9.99. The third kappa shape index (κ3) is 3.21. The lowest BCUT2D eigenvalue weighted by molar-refractivity contribution is 0.230. The molecule has 3 aromatic rings. The Kier molecular flexibility index (Phi) is 4.57. The summed E-state index contributed by atoms with van der Waals surface area (Å²) in [5.41, 5.74) is 1.57. The van der Waals surface area contributed by atoms with E-state index in [9.17, 15) is 22.3 Å². The first-order chi connectivity index (χ1) is 12.2. The number of aliphatic hydroxyl groups excluding tert-OH is 1. The number of aromatic nitrogens is 2. The summed E-state index contributed by atoms with van der Waals surface area (Å²) in [6, 6.07) is 3.31. The molecular formula is C16H13F2N3O4S. The van der Waals surface area contributed by atoms with E-state index in [1.807, 2.05) is 0 Å². The molecule has 0 aliphatic rings. The molecule has 0 spiro atoms. The Balaban J connectivity index is 2.26. The van der Waals surface area contributed by atoms with Crippen LogP contribution in [0.1, 0.15) is 11.3 Å². The highest BCUT2D eigenvalue weighted by atomic mass is 32.2. The van der Waals surface area contributed by atoms with Crippen LogP contribution in [0.15, 0.2) is 40.0 Å². The summed E-state index contributed by atoms with van der Waals surface area (Å²) in [6.07, 6.45) is 3.08. The van der Waals surface area contributed by atoms with Gasteiger partial charge in [0.15, 0.2) is 10.7 Å². The number of hydrogen-bond acceptors (Lipinski definition) is 6. The van der Waals surface area contributed by atoms with Crippen LogP contribution >= 0.6 is 0 Å². The number of pyridine rings is 1. The molecule has 0 unspecified atom stereocenters. The van der Waals surface area contributed by atoms with E-state index in [1.54, 1.807) is 19.2 Å². The Bertz CT molecular complexity index is 1070. The molecule has 0 aliphatic heterocycles. The van der Waals surface area contributed by atoms with Gasteiger partial charge in [0.05, 0.1) is 5.56 Å². The number of sulfonamides is 1. The van der Waals surface area contributed by atoms with E-state index in [1.165, 1.54) is 6.20 Å².